The lowest BCUT2D eigenvalue weighted by Gasteiger charge is -2.16. The van der Waals surface area contributed by atoms with Crippen molar-refractivity contribution < 1.29 is 19.7 Å². The maximum Gasteiger partial charge on any atom is 0.305 e. The first-order valence-electron chi connectivity index (χ1n) is 8.84. The molecule has 0 rings (SSSR count). The molecule has 0 spiro atoms. The van der Waals surface area contributed by atoms with Crippen LogP contribution in [0.1, 0.15) is 71.1 Å². The van der Waals surface area contributed by atoms with Crippen molar-refractivity contribution in [1.82, 2.24) is 0 Å². The molecule has 0 aliphatic heterocycles. The van der Waals surface area contributed by atoms with E-state index in [1.54, 1.807) is 0 Å². The molecule has 0 bridgehead atoms. The van der Waals surface area contributed by atoms with E-state index in [-0.39, 0.29) is 12.4 Å². The minimum absolute atomic E-state index is 0.280. The fraction of sp³-hybridized carbons (Fsp3) is 0.737. The van der Waals surface area contributed by atoms with Gasteiger partial charge in [-0.25, -0.2) is 0 Å². The molecule has 0 radical (unpaired) electrons. The van der Waals surface area contributed by atoms with Crippen molar-refractivity contribution in [3.05, 3.63) is 24.3 Å². The topological polar surface area (TPSA) is 66.8 Å². The van der Waals surface area contributed by atoms with Gasteiger partial charge in [0.1, 0.15) is 0 Å². The number of hydrogen-bond donors (Lipinski definition) is 2. The summed E-state index contributed by atoms with van der Waals surface area (Å²) in [5, 5.41) is 19.7. The predicted octanol–water partition coefficient (Wildman–Crippen LogP) is 3.91. The lowest BCUT2D eigenvalue weighted by atomic mass is 10.0. The van der Waals surface area contributed by atoms with Crippen molar-refractivity contribution in [3.63, 3.8) is 0 Å². The average molecular weight is 326 g/mol. The number of carbonyl (C=O) groups excluding carboxylic acids is 1. The van der Waals surface area contributed by atoms with E-state index in [1.807, 2.05) is 6.08 Å². The van der Waals surface area contributed by atoms with Gasteiger partial charge in [0.05, 0.1) is 19.3 Å². The lowest BCUT2D eigenvalue weighted by Crippen LogP contribution is -2.25. The van der Waals surface area contributed by atoms with E-state index < -0.39 is 12.2 Å². The predicted molar refractivity (Wildman–Crippen MR) is 94.2 cm³/mol. The van der Waals surface area contributed by atoms with E-state index in [0.29, 0.717) is 19.3 Å². The number of aliphatic hydroxyl groups excluding tert-OH is 2. The second kappa shape index (κ2) is 15.8. The number of rotatable bonds is 14. The summed E-state index contributed by atoms with van der Waals surface area (Å²) in [5.74, 6) is -0.280. The molecule has 0 saturated heterocycles. The molecule has 4 nitrogen and oxygen atoms in total. The molecular formula is C19H34O4. The van der Waals surface area contributed by atoms with Gasteiger partial charge in [0.25, 0.3) is 0 Å². The number of hydrogen-bond acceptors (Lipinski definition) is 4. The fourth-order valence-corrected chi connectivity index (χ4v) is 2.23. The van der Waals surface area contributed by atoms with E-state index in [0.717, 1.165) is 19.3 Å². The highest BCUT2D eigenvalue weighted by Crippen LogP contribution is 2.10. The quantitative estimate of drug-likeness (QED) is 0.288. The number of carbonyl (C=O) groups is 1. The van der Waals surface area contributed by atoms with Crippen LogP contribution in [0.15, 0.2) is 24.3 Å². The number of allylic oxidation sites excluding steroid dienone is 4. The summed E-state index contributed by atoms with van der Waals surface area (Å²) in [6, 6.07) is 0. The Morgan fingerprint density at radius 3 is 2.26 bits per heavy atom. The van der Waals surface area contributed by atoms with Gasteiger partial charge in [0.2, 0.25) is 0 Å². The normalized spacial score (nSPS) is 14.4. The van der Waals surface area contributed by atoms with Crippen molar-refractivity contribution in [2.75, 3.05) is 7.11 Å². The van der Waals surface area contributed by atoms with Crippen LogP contribution in [0, 0.1) is 0 Å². The summed E-state index contributed by atoms with van der Waals surface area (Å²) in [7, 11) is 1.35. The molecule has 0 heterocycles. The standard InChI is InChI=1S/C19H34O4/c1-3-4-5-6-7-8-9-10-11-12-14-17(20)18(21)15-13-16-19(22)23-2/h7-8,10-11,17-18,20-21H,3-6,9,12-16H2,1-2H3/b8-7-,11-10-/t17-,18+/m0/s1. The average Bonchev–Trinajstić information content (AvgIpc) is 2.55. The van der Waals surface area contributed by atoms with E-state index >= 15 is 0 Å². The van der Waals surface area contributed by atoms with Crippen LogP contribution in [0.5, 0.6) is 0 Å². The van der Waals surface area contributed by atoms with Crippen LogP contribution in [0.25, 0.3) is 0 Å². The number of esters is 1. The molecule has 0 aromatic heterocycles. The molecule has 0 aromatic rings. The van der Waals surface area contributed by atoms with Crippen LogP contribution in [-0.4, -0.2) is 35.5 Å². The van der Waals surface area contributed by atoms with Gasteiger partial charge in [-0.2, -0.15) is 0 Å². The molecule has 0 unspecified atom stereocenters. The Balaban J connectivity index is 3.61. The molecule has 4 heteroatoms. The lowest BCUT2D eigenvalue weighted by molar-refractivity contribution is -0.140. The molecule has 23 heavy (non-hydrogen) atoms. The smallest absolute Gasteiger partial charge is 0.305 e. The van der Waals surface area contributed by atoms with Crippen LogP contribution >= 0.6 is 0 Å². The number of methoxy groups -OCH3 is 1. The highest BCUT2D eigenvalue weighted by atomic mass is 16.5. The van der Waals surface area contributed by atoms with E-state index in [2.05, 4.69) is 29.9 Å². The van der Waals surface area contributed by atoms with Crippen LogP contribution in [0.3, 0.4) is 0 Å². The zero-order chi connectivity index (χ0) is 17.3. The van der Waals surface area contributed by atoms with Gasteiger partial charge in [-0.05, 0) is 44.9 Å². The highest BCUT2D eigenvalue weighted by Gasteiger charge is 2.15. The summed E-state index contributed by atoms with van der Waals surface area (Å²) in [4.78, 5) is 11.0. The Kier molecular flexibility index (Phi) is 15.0. The Morgan fingerprint density at radius 1 is 0.957 bits per heavy atom. The van der Waals surface area contributed by atoms with Crippen molar-refractivity contribution in [2.24, 2.45) is 0 Å². The molecule has 0 saturated carbocycles. The molecule has 2 N–H and O–H groups in total. The third kappa shape index (κ3) is 14.2. The Morgan fingerprint density at radius 2 is 1.61 bits per heavy atom. The number of aliphatic hydroxyl groups is 2. The largest absolute Gasteiger partial charge is 0.469 e. The summed E-state index contributed by atoms with van der Waals surface area (Å²) in [6.45, 7) is 2.21. The van der Waals surface area contributed by atoms with Crippen LogP contribution < -0.4 is 0 Å². The van der Waals surface area contributed by atoms with Crippen molar-refractivity contribution in [3.8, 4) is 0 Å². The zero-order valence-electron chi connectivity index (χ0n) is 14.7. The van der Waals surface area contributed by atoms with Gasteiger partial charge in [-0.3, -0.25) is 4.79 Å². The SMILES string of the molecule is CCCCC/C=C\C/C=C\CC[C@H](O)[C@H](O)CCCC(=O)OC. The van der Waals surface area contributed by atoms with E-state index in [4.69, 9.17) is 0 Å². The second-order valence-electron chi connectivity index (χ2n) is 5.85. The Bertz CT molecular complexity index is 336. The molecular weight excluding hydrogens is 292 g/mol. The molecule has 134 valence electrons. The minimum atomic E-state index is -0.772. The fourth-order valence-electron chi connectivity index (χ4n) is 2.23. The first-order chi connectivity index (χ1) is 11.1. The van der Waals surface area contributed by atoms with Gasteiger partial charge < -0.3 is 14.9 Å². The van der Waals surface area contributed by atoms with E-state index in [9.17, 15) is 15.0 Å². The Labute approximate surface area is 141 Å². The monoisotopic (exact) mass is 326 g/mol. The third-order valence-electron chi connectivity index (χ3n) is 3.76. The summed E-state index contributed by atoms with van der Waals surface area (Å²) < 4.78 is 4.53. The summed E-state index contributed by atoms with van der Waals surface area (Å²) in [6.07, 6.45) is 15.4. The molecule has 0 aliphatic carbocycles. The maximum absolute atomic E-state index is 11.0. The van der Waals surface area contributed by atoms with Gasteiger partial charge >= 0.3 is 5.97 Å². The summed E-state index contributed by atoms with van der Waals surface area (Å²) >= 11 is 0. The zero-order valence-corrected chi connectivity index (χ0v) is 14.7. The molecule has 2 atom stereocenters. The molecule has 0 aliphatic rings. The van der Waals surface area contributed by atoms with Gasteiger partial charge in [-0.15, -0.1) is 0 Å². The third-order valence-corrected chi connectivity index (χ3v) is 3.76. The first kappa shape index (κ1) is 21.9. The van der Waals surface area contributed by atoms with Gasteiger partial charge in [0.15, 0.2) is 0 Å². The maximum atomic E-state index is 11.0. The molecule has 0 amide bonds. The van der Waals surface area contributed by atoms with Crippen LogP contribution in [0.2, 0.25) is 0 Å². The van der Waals surface area contributed by atoms with Gasteiger partial charge in [-0.1, -0.05) is 44.1 Å². The molecule has 0 fully saturated rings. The molecule has 0 aromatic carbocycles. The summed E-state index contributed by atoms with van der Waals surface area (Å²) in [5.41, 5.74) is 0. The number of ether oxygens (including phenoxy) is 1. The van der Waals surface area contributed by atoms with Crippen LogP contribution in [-0.2, 0) is 9.53 Å². The first-order valence-corrected chi connectivity index (χ1v) is 8.84. The van der Waals surface area contributed by atoms with Crippen molar-refractivity contribution in [1.29, 1.82) is 0 Å². The number of unbranched alkanes of at least 4 members (excludes halogenated alkanes) is 3. The van der Waals surface area contributed by atoms with Crippen LogP contribution in [0.4, 0.5) is 0 Å². The van der Waals surface area contributed by atoms with Crippen molar-refractivity contribution >= 4 is 5.97 Å². The highest BCUT2D eigenvalue weighted by molar-refractivity contribution is 5.68. The second-order valence-corrected chi connectivity index (χ2v) is 5.85. The van der Waals surface area contributed by atoms with Crippen molar-refractivity contribution in [2.45, 2.75) is 83.3 Å². The van der Waals surface area contributed by atoms with Gasteiger partial charge in [0, 0.05) is 6.42 Å². The van der Waals surface area contributed by atoms with E-state index in [1.165, 1.54) is 26.4 Å². The Hall–Kier alpha value is -1.13. The minimum Gasteiger partial charge on any atom is -0.469 e.